The van der Waals surface area contributed by atoms with E-state index in [0.717, 1.165) is 0 Å². The summed E-state index contributed by atoms with van der Waals surface area (Å²) < 4.78 is 48.6. The summed E-state index contributed by atoms with van der Waals surface area (Å²) in [6.07, 6.45) is -9.04. The predicted octanol–water partition coefficient (Wildman–Crippen LogP) is 0.513. The van der Waals surface area contributed by atoms with Crippen LogP contribution in [0, 0.1) is 5.92 Å². The third-order valence-corrected chi connectivity index (χ3v) is 3.04. The predicted molar refractivity (Wildman–Crippen MR) is 71.5 cm³/mol. The molecule has 0 aliphatic carbocycles. The number of ether oxygens (including phenoxy) is 2. The minimum Gasteiger partial charge on any atom is -0.481 e. The van der Waals surface area contributed by atoms with E-state index in [-0.39, 0.29) is 25.9 Å². The van der Waals surface area contributed by atoms with Gasteiger partial charge in [-0.3, -0.25) is 4.79 Å². The molecule has 0 saturated carbocycles. The first-order valence-corrected chi connectivity index (χ1v) is 7.08. The van der Waals surface area contributed by atoms with Crippen LogP contribution in [0.1, 0.15) is 26.2 Å². The van der Waals surface area contributed by atoms with Gasteiger partial charge >= 0.3 is 12.1 Å². The highest BCUT2D eigenvalue weighted by molar-refractivity contribution is 5.66. The van der Waals surface area contributed by atoms with E-state index < -0.39 is 49.8 Å². The molecule has 0 spiro atoms. The van der Waals surface area contributed by atoms with Gasteiger partial charge in [0.1, 0.15) is 12.0 Å². The van der Waals surface area contributed by atoms with E-state index in [9.17, 15) is 23.1 Å². The molecular formula is C13H23F3O7. The van der Waals surface area contributed by atoms with E-state index in [4.69, 9.17) is 24.8 Å². The Balaban J connectivity index is 4.75. The van der Waals surface area contributed by atoms with Crippen molar-refractivity contribution < 1.29 is 47.9 Å². The fourth-order valence-corrected chi connectivity index (χ4v) is 1.65. The van der Waals surface area contributed by atoms with Crippen molar-refractivity contribution in [3.8, 4) is 0 Å². The number of rotatable bonds is 12. The largest absolute Gasteiger partial charge is 0.481 e. The summed E-state index contributed by atoms with van der Waals surface area (Å²) in [5, 5.41) is 35.8. The second-order valence-electron chi connectivity index (χ2n) is 5.02. The lowest BCUT2D eigenvalue weighted by Crippen LogP contribution is -2.45. The summed E-state index contributed by atoms with van der Waals surface area (Å²) in [5.41, 5.74) is 0. The van der Waals surface area contributed by atoms with Crippen molar-refractivity contribution in [1.29, 1.82) is 0 Å². The molecule has 138 valence electrons. The molecule has 4 atom stereocenters. The van der Waals surface area contributed by atoms with Gasteiger partial charge in [-0.15, -0.1) is 0 Å². The number of carboxylic acid groups (broad SMARTS) is 1. The van der Waals surface area contributed by atoms with Crippen LogP contribution in [0.3, 0.4) is 0 Å². The Hall–Kier alpha value is -0.940. The monoisotopic (exact) mass is 348 g/mol. The zero-order chi connectivity index (χ0) is 18.0. The molecule has 0 rings (SSSR count). The number of unbranched alkanes of at least 4 members (excludes halogenated alkanes) is 1. The van der Waals surface area contributed by atoms with E-state index in [1.54, 1.807) is 0 Å². The summed E-state index contributed by atoms with van der Waals surface area (Å²) in [6, 6.07) is 0. The third kappa shape index (κ3) is 9.06. The van der Waals surface area contributed by atoms with Crippen LogP contribution in [0.15, 0.2) is 0 Å². The standard InChI is InChI=1S/C13H23F3O7/c1-8(19)10(7-18)23-12(9(6-17)13(14,15)16)22-5-3-2-4-11(20)21/h8-10,12,17-19H,2-7H2,1H3,(H,20,21). The Morgan fingerprint density at radius 3 is 2.17 bits per heavy atom. The lowest BCUT2D eigenvalue weighted by atomic mass is 10.1. The second-order valence-corrected chi connectivity index (χ2v) is 5.02. The van der Waals surface area contributed by atoms with Gasteiger partial charge < -0.3 is 29.9 Å². The molecule has 0 amide bonds. The molecule has 23 heavy (non-hydrogen) atoms. The molecule has 4 unspecified atom stereocenters. The van der Waals surface area contributed by atoms with Crippen molar-refractivity contribution in [2.24, 2.45) is 5.92 Å². The lowest BCUT2D eigenvalue weighted by molar-refractivity contribution is -0.292. The highest BCUT2D eigenvalue weighted by Gasteiger charge is 2.46. The maximum Gasteiger partial charge on any atom is 0.398 e. The molecule has 0 aliphatic rings. The number of carboxylic acids is 1. The van der Waals surface area contributed by atoms with Crippen molar-refractivity contribution in [2.75, 3.05) is 19.8 Å². The Morgan fingerprint density at radius 1 is 1.17 bits per heavy atom. The summed E-state index contributed by atoms with van der Waals surface area (Å²) in [5.74, 6) is -3.38. The Labute approximate surface area is 131 Å². The minimum atomic E-state index is -4.81. The summed E-state index contributed by atoms with van der Waals surface area (Å²) in [4.78, 5) is 10.3. The molecular weight excluding hydrogens is 325 g/mol. The summed E-state index contributed by atoms with van der Waals surface area (Å²) in [6.45, 7) is -1.01. The smallest absolute Gasteiger partial charge is 0.398 e. The normalized spacial score (nSPS) is 17.5. The van der Waals surface area contributed by atoms with Crippen molar-refractivity contribution in [3.05, 3.63) is 0 Å². The molecule has 0 saturated heterocycles. The van der Waals surface area contributed by atoms with Gasteiger partial charge in [-0.05, 0) is 19.8 Å². The molecule has 0 aromatic carbocycles. The molecule has 0 aliphatic heterocycles. The van der Waals surface area contributed by atoms with Crippen LogP contribution in [0.4, 0.5) is 13.2 Å². The highest BCUT2D eigenvalue weighted by atomic mass is 19.4. The van der Waals surface area contributed by atoms with Crippen LogP contribution in [0.25, 0.3) is 0 Å². The Kier molecular flexibility index (Phi) is 10.3. The van der Waals surface area contributed by atoms with Gasteiger partial charge in [0, 0.05) is 13.0 Å². The van der Waals surface area contributed by atoms with Crippen LogP contribution in [0.5, 0.6) is 0 Å². The minimum absolute atomic E-state index is 0.148. The first-order chi connectivity index (χ1) is 10.6. The maximum absolute atomic E-state index is 12.9. The number of hydrogen-bond acceptors (Lipinski definition) is 6. The molecule has 10 heteroatoms. The number of aliphatic hydroxyl groups excluding tert-OH is 3. The van der Waals surface area contributed by atoms with Crippen LogP contribution in [-0.2, 0) is 14.3 Å². The Morgan fingerprint density at radius 2 is 1.78 bits per heavy atom. The molecule has 4 N–H and O–H groups in total. The van der Waals surface area contributed by atoms with Crippen molar-refractivity contribution in [2.45, 2.75) is 50.9 Å². The number of alkyl halides is 3. The first-order valence-electron chi connectivity index (χ1n) is 7.08. The van der Waals surface area contributed by atoms with Gasteiger partial charge in [-0.1, -0.05) is 0 Å². The van der Waals surface area contributed by atoms with E-state index in [1.165, 1.54) is 6.92 Å². The van der Waals surface area contributed by atoms with E-state index in [1.807, 2.05) is 0 Å². The topological polar surface area (TPSA) is 116 Å². The third-order valence-electron chi connectivity index (χ3n) is 3.04. The fourth-order valence-electron chi connectivity index (χ4n) is 1.65. The second kappa shape index (κ2) is 10.8. The highest BCUT2D eigenvalue weighted by Crippen LogP contribution is 2.31. The molecule has 0 aromatic rings. The van der Waals surface area contributed by atoms with Gasteiger partial charge in [0.2, 0.25) is 0 Å². The first kappa shape index (κ1) is 22.1. The molecule has 0 heterocycles. The summed E-state index contributed by atoms with van der Waals surface area (Å²) >= 11 is 0. The Bertz CT molecular complexity index is 336. The van der Waals surface area contributed by atoms with Crippen LogP contribution in [0.2, 0.25) is 0 Å². The quantitative estimate of drug-likeness (QED) is 0.300. The number of aliphatic hydroxyl groups is 3. The average Bonchev–Trinajstić information content (AvgIpc) is 2.41. The number of aliphatic carboxylic acids is 1. The fraction of sp³-hybridized carbons (Fsp3) is 0.923. The number of hydrogen-bond donors (Lipinski definition) is 4. The molecule has 0 fully saturated rings. The zero-order valence-electron chi connectivity index (χ0n) is 12.7. The molecule has 0 bridgehead atoms. The molecule has 7 nitrogen and oxygen atoms in total. The van der Waals surface area contributed by atoms with E-state index in [0.29, 0.717) is 0 Å². The van der Waals surface area contributed by atoms with Gasteiger partial charge in [-0.2, -0.15) is 13.2 Å². The van der Waals surface area contributed by atoms with Crippen LogP contribution < -0.4 is 0 Å². The average molecular weight is 348 g/mol. The van der Waals surface area contributed by atoms with Crippen molar-refractivity contribution in [3.63, 3.8) is 0 Å². The van der Waals surface area contributed by atoms with Crippen LogP contribution in [-0.4, -0.2) is 70.9 Å². The van der Waals surface area contributed by atoms with Crippen molar-refractivity contribution in [1.82, 2.24) is 0 Å². The van der Waals surface area contributed by atoms with E-state index >= 15 is 0 Å². The molecule has 0 aromatic heterocycles. The summed E-state index contributed by atoms with van der Waals surface area (Å²) in [7, 11) is 0. The number of carbonyl (C=O) groups is 1. The van der Waals surface area contributed by atoms with Gasteiger partial charge in [0.25, 0.3) is 0 Å². The SMILES string of the molecule is CC(O)C(CO)OC(OCCCCC(=O)O)C(CO)C(F)(F)F. The lowest BCUT2D eigenvalue weighted by Gasteiger charge is -2.31. The van der Waals surface area contributed by atoms with Gasteiger partial charge in [0.05, 0.1) is 19.3 Å². The molecule has 0 radical (unpaired) electrons. The van der Waals surface area contributed by atoms with Crippen LogP contribution >= 0.6 is 0 Å². The number of halogens is 3. The van der Waals surface area contributed by atoms with E-state index in [2.05, 4.69) is 0 Å². The van der Waals surface area contributed by atoms with Crippen molar-refractivity contribution >= 4 is 5.97 Å². The zero-order valence-corrected chi connectivity index (χ0v) is 12.7. The maximum atomic E-state index is 12.9. The van der Waals surface area contributed by atoms with Gasteiger partial charge in [-0.25, -0.2) is 0 Å². The van der Waals surface area contributed by atoms with Gasteiger partial charge in [0.15, 0.2) is 6.29 Å².